The van der Waals surface area contributed by atoms with Gasteiger partial charge in [-0.25, -0.2) is 9.97 Å². The molecule has 7 nitrogen and oxygen atoms in total. The van der Waals surface area contributed by atoms with E-state index in [4.69, 9.17) is 0 Å². The average Bonchev–Trinajstić information content (AvgIpc) is 3.41. The van der Waals surface area contributed by atoms with Gasteiger partial charge in [0.15, 0.2) is 0 Å². The molecule has 1 aliphatic carbocycles. The van der Waals surface area contributed by atoms with Crippen molar-refractivity contribution in [1.82, 2.24) is 24.4 Å². The summed E-state index contributed by atoms with van der Waals surface area (Å²) in [6, 6.07) is 3.99. The highest BCUT2D eigenvalue weighted by atomic mass is 16.2. The van der Waals surface area contributed by atoms with Gasteiger partial charge in [-0.1, -0.05) is 0 Å². The van der Waals surface area contributed by atoms with Gasteiger partial charge in [-0.15, -0.1) is 0 Å². The summed E-state index contributed by atoms with van der Waals surface area (Å²) >= 11 is 0. The van der Waals surface area contributed by atoms with Crippen molar-refractivity contribution in [2.45, 2.75) is 25.9 Å². The van der Waals surface area contributed by atoms with Gasteiger partial charge in [0.25, 0.3) is 0 Å². The number of imidazole rings is 1. The molecule has 0 unspecified atom stereocenters. The number of fused-ring (bicyclic) bond motifs is 2. The van der Waals surface area contributed by atoms with Crippen molar-refractivity contribution in [3.05, 3.63) is 36.5 Å². The van der Waals surface area contributed by atoms with Crippen LogP contribution in [0.5, 0.6) is 0 Å². The fourth-order valence-electron chi connectivity index (χ4n) is 3.42. The molecular formula is C19H20N6O. The van der Waals surface area contributed by atoms with Crippen LogP contribution in [0.3, 0.4) is 0 Å². The SMILES string of the molecule is CN1CCn2c(-c3cnc4cnc(NC(=O)C5CC5)cc4c3)cnc2C1. The lowest BCUT2D eigenvalue weighted by Gasteiger charge is -2.24. The lowest BCUT2D eigenvalue weighted by atomic mass is 10.1. The van der Waals surface area contributed by atoms with Crippen molar-refractivity contribution >= 4 is 22.6 Å². The van der Waals surface area contributed by atoms with Crippen LogP contribution in [0, 0.1) is 5.92 Å². The minimum absolute atomic E-state index is 0.0648. The molecule has 1 amide bonds. The van der Waals surface area contributed by atoms with Crippen LogP contribution in [-0.4, -0.2) is 43.9 Å². The Balaban J connectivity index is 1.50. The summed E-state index contributed by atoms with van der Waals surface area (Å²) in [4.78, 5) is 27.7. The minimum Gasteiger partial charge on any atom is -0.326 e. The molecule has 1 aliphatic heterocycles. The van der Waals surface area contributed by atoms with Gasteiger partial charge in [-0.3, -0.25) is 14.7 Å². The van der Waals surface area contributed by atoms with E-state index < -0.39 is 0 Å². The van der Waals surface area contributed by atoms with Gasteiger partial charge in [0, 0.05) is 36.2 Å². The normalized spacial score (nSPS) is 17.3. The van der Waals surface area contributed by atoms with Crippen LogP contribution < -0.4 is 5.32 Å². The van der Waals surface area contributed by atoms with Crippen molar-refractivity contribution in [3.63, 3.8) is 0 Å². The fraction of sp³-hybridized carbons (Fsp3) is 0.368. The largest absolute Gasteiger partial charge is 0.326 e. The Morgan fingerprint density at radius 3 is 2.85 bits per heavy atom. The first-order valence-electron chi connectivity index (χ1n) is 8.97. The van der Waals surface area contributed by atoms with Crippen LogP contribution in [0.4, 0.5) is 5.82 Å². The molecule has 1 fully saturated rings. The summed E-state index contributed by atoms with van der Waals surface area (Å²) in [7, 11) is 2.11. The van der Waals surface area contributed by atoms with E-state index in [0.29, 0.717) is 5.82 Å². The van der Waals surface area contributed by atoms with Gasteiger partial charge in [0.1, 0.15) is 11.6 Å². The van der Waals surface area contributed by atoms with Gasteiger partial charge < -0.3 is 9.88 Å². The zero-order valence-corrected chi connectivity index (χ0v) is 14.6. The maximum Gasteiger partial charge on any atom is 0.228 e. The van der Waals surface area contributed by atoms with Crippen LogP contribution in [0.1, 0.15) is 18.7 Å². The third-order valence-electron chi connectivity index (χ3n) is 5.12. The Hall–Kier alpha value is -2.80. The fourth-order valence-corrected chi connectivity index (χ4v) is 3.42. The van der Waals surface area contributed by atoms with Crippen molar-refractivity contribution in [2.24, 2.45) is 5.92 Å². The molecule has 3 aromatic rings. The first-order valence-corrected chi connectivity index (χ1v) is 8.97. The summed E-state index contributed by atoms with van der Waals surface area (Å²) in [5.74, 6) is 1.90. The van der Waals surface area contributed by atoms with Crippen molar-refractivity contribution < 1.29 is 4.79 Å². The van der Waals surface area contributed by atoms with E-state index in [-0.39, 0.29) is 11.8 Å². The second-order valence-corrected chi connectivity index (χ2v) is 7.20. The number of carbonyl (C=O) groups excluding carboxylic acids is 1. The van der Waals surface area contributed by atoms with Crippen LogP contribution in [-0.2, 0) is 17.9 Å². The standard InChI is InChI=1S/C19H20N6O/c1-24-4-5-25-16(10-22-18(25)11-24)14-6-13-7-17(21-9-15(13)20-8-14)23-19(26)12-2-3-12/h6-10,12H,2-5,11H2,1H3,(H,21,23,26). The molecule has 0 saturated heterocycles. The highest BCUT2D eigenvalue weighted by Gasteiger charge is 2.29. The number of anilines is 1. The highest BCUT2D eigenvalue weighted by molar-refractivity contribution is 5.95. The molecule has 0 atom stereocenters. The molecule has 7 heteroatoms. The van der Waals surface area contributed by atoms with E-state index in [0.717, 1.165) is 60.5 Å². The molecular weight excluding hydrogens is 328 g/mol. The van der Waals surface area contributed by atoms with Crippen LogP contribution in [0.25, 0.3) is 22.2 Å². The predicted molar refractivity (Wildman–Crippen MR) is 98.4 cm³/mol. The molecule has 5 rings (SSSR count). The zero-order valence-electron chi connectivity index (χ0n) is 14.6. The molecule has 26 heavy (non-hydrogen) atoms. The number of nitrogens with one attached hydrogen (secondary N) is 1. The number of pyridine rings is 2. The molecule has 1 N–H and O–H groups in total. The van der Waals surface area contributed by atoms with Crippen molar-refractivity contribution in [2.75, 3.05) is 18.9 Å². The van der Waals surface area contributed by atoms with E-state index in [1.54, 1.807) is 6.20 Å². The molecule has 2 aliphatic rings. The monoisotopic (exact) mass is 348 g/mol. The second kappa shape index (κ2) is 5.88. The molecule has 0 spiro atoms. The minimum atomic E-state index is 0.0648. The Labute approximate surface area is 151 Å². The summed E-state index contributed by atoms with van der Waals surface area (Å²) < 4.78 is 2.26. The first kappa shape index (κ1) is 15.5. The van der Waals surface area contributed by atoms with Gasteiger partial charge in [-0.2, -0.15) is 0 Å². The molecule has 0 aromatic carbocycles. The Kier molecular flexibility index (Phi) is 3.49. The first-order chi connectivity index (χ1) is 12.7. The Morgan fingerprint density at radius 2 is 2.00 bits per heavy atom. The third kappa shape index (κ3) is 2.74. The van der Waals surface area contributed by atoms with E-state index in [9.17, 15) is 4.79 Å². The van der Waals surface area contributed by atoms with E-state index >= 15 is 0 Å². The van der Waals surface area contributed by atoms with Gasteiger partial charge in [0.2, 0.25) is 5.91 Å². The average molecular weight is 348 g/mol. The maximum absolute atomic E-state index is 12.0. The Bertz CT molecular complexity index is 1010. The highest BCUT2D eigenvalue weighted by Crippen LogP contribution is 2.30. The molecule has 4 heterocycles. The second-order valence-electron chi connectivity index (χ2n) is 7.20. The zero-order chi connectivity index (χ0) is 17.7. The third-order valence-corrected chi connectivity index (χ3v) is 5.12. The number of likely N-dealkylation sites (N-methyl/N-ethyl adjacent to an activating group) is 1. The van der Waals surface area contributed by atoms with Crippen LogP contribution in [0.2, 0.25) is 0 Å². The number of hydrogen-bond donors (Lipinski definition) is 1. The molecule has 0 bridgehead atoms. The maximum atomic E-state index is 12.0. The predicted octanol–water partition coefficient (Wildman–Crippen LogP) is 2.29. The number of nitrogens with zero attached hydrogens (tertiary/aromatic N) is 5. The van der Waals surface area contributed by atoms with Crippen LogP contribution in [0.15, 0.2) is 30.7 Å². The molecule has 1 saturated carbocycles. The van der Waals surface area contributed by atoms with Gasteiger partial charge in [0.05, 0.1) is 30.1 Å². The smallest absolute Gasteiger partial charge is 0.228 e. The topological polar surface area (TPSA) is 75.9 Å². The molecule has 3 aromatic heterocycles. The molecule has 0 radical (unpaired) electrons. The van der Waals surface area contributed by atoms with E-state index in [2.05, 4.69) is 42.8 Å². The van der Waals surface area contributed by atoms with E-state index in [1.165, 1.54) is 0 Å². The summed E-state index contributed by atoms with van der Waals surface area (Å²) in [6.45, 7) is 2.80. The van der Waals surface area contributed by atoms with Crippen molar-refractivity contribution in [3.8, 4) is 11.3 Å². The number of aromatic nitrogens is 4. The van der Waals surface area contributed by atoms with E-state index in [1.807, 2.05) is 18.5 Å². The van der Waals surface area contributed by atoms with Crippen molar-refractivity contribution in [1.29, 1.82) is 0 Å². The lowest BCUT2D eigenvalue weighted by molar-refractivity contribution is -0.117. The molecule has 132 valence electrons. The summed E-state index contributed by atoms with van der Waals surface area (Å²) in [5, 5.41) is 3.87. The quantitative estimate of drug-likeness (QED) is 0.786. The summed E-state index contributed by atoms with van der Waals surface area (Å²) in [5.41, 5.74) is 2.94. The number of rotatable bonds is 3. The number of hydrogen-bond acceptors (Lipinski definition) is 5. The number of carbonyl (C=O) groups is 1. The lowest BCUT2D eigenvalue weighted by Crippen LogP contribution is -2.30. The van der Waals surface area contributed by atoms with Gasteiger partial charge >= 0.3 is 0 Å². The Morgan fingerprint density at radius 1 is 1.12 bits per heavy atom. The number of amides is 1. The van der Waals surface area contributed by atoms with Gasteiger partial charge in [-0.05, 0) is 32.0 Å². The summed E-state index contributed by atoms with van der Waals surface area (Å²) in [6.07, 6.45) is 7.46. The van der Waals surface area contributed by atoms with Crippen LogP contribution >= 0.6 is 0 Å².